The third-order valence-corrected chi connectivity index (χ3v) is 4.20. The number of hydrogen-bond donors (Lipinski definition) is 2. The standard InChI is InChI=1S/C17H23FN4S/c1-17(2,3)14-11-23-15(22-14)10-21-16(19-4)20-9-12-7-5-6-8-13(12)18/h5-8,11H,9-10H2,1-4H3,(H2,19,20,21). The third-order valence-electron chi connectivity index (χ3n) is 3.35. The Morgan fingerprint density at radius 2 is 1.91 bits per heavy atom. The summed E-state index contributed by atoms with van der Waals surface area (Å²) in [6, 6.07) is 6.71. The molecule has 0 saturated carbocycles. The Kier molecular flexibility index (Phi) is 5.71. The molecule has 23 heavy (non-hydrogen) atoms. The van der Waals surface area contributed by atoms with Crippen molar-refractivity contribution in [1.82, 2.24) is 15.6 Å². The number of halogens is 1. The van der Waals surface area contributed by atoms with E-state index in [1.54, 1.807) is 30.5 Å². The Morgan fingerprint density at radius 1 is 1.22 bits per heavy atom. The molecule has 1 aromatic heterocycles. The van der Waals surface area contributed by atoms with Crippen molar-refractivity contribution >= 4 is 17.3 Å². The molecule has 1 aromatic carbocycles. The molecule has 0 fully saturated rings. The monoisotopic (exact) mass is 334 g/mol. The maximum absolute atomic E-state index is 13.6. The Labute approximate surface area is 140 Å². The van der Waals surface area contributed by atoms with Crippen LogP contribution in [0.4, 0.5) is 4.39 Å². The highest BCUT2D eigenvalue weighted by Crippen LogP contribution is 2.23. The minimum absolute atomic E-state index is 0.0551. The van der Waals surface area contributed by atoms with Gasteiger partial charge in [-0.05, 0) is 6.07 Å². The van der Waals surface area contributed by atoms with Crippen LogP contribution in [0.1, 0.15) is 37.0 Å². The lowest BCUT2D eigenvalue weighted by Gasteiger charge is -2.14. The average Bonchev–Trinajstić information content (AvgIpc) is 2.98. The molecule has 0 amide bonds. The van der Waals surface area contributed by atoms with Gasteiger partial charge in [-0.15, -0.1) is 11.3 Å². The Bertz CT molecular complexity index is 673. The lowest BCUT2D eigenvalue weighted by atomic mass is 9.93. The molecule has 2 rings (SSSR count). The lowest BCUT2D eigenvalue weighted by molar-refractivity contribution is 0.570. The molecule has 2 aromatic rings. The summed E-state index contributed by atoms with van der Waals surface area (Å²) in [5.41, 5.74) is 1.76. The van der Waals surface area contributed by atoms with Crippen molar-refractivity contribution < 1.29 is 4.39 Å². The molecule has 0 aliphatic carbocycles. The summed E-state index contributed by atoms with van der Waals surface area (Å²) in [5, 5.41) is 9.41. The predicted octanol–water partition coefficient (Wildman–Crippen LogP) is 3.44. The second-order valence-electron chi connectivity index (χ2n) is 6.25. The van der Waals surface area contributed by atoms with E-state index in [4.69, 9.17) is 0 Å². The lowest BCUT2D eigenvalue weighted by Crippen LogP contribution is -2.36. The van der Waals surface area contributed by atoms with Crippen molar-refractivity contribution in [1.29, 1.82) is 0 Å². The minimum atomic E-state index is -0.217. The molecule has 1 heterocycles. The Morgan fingerprint density at radius 3 is 2.52 bits per heavy atom. The van der Waals surface area contributed by atoms with Crippen molar-refractivity contribution in [2.24, 2.45) is 4.99 Å². The van der Waals surface area contributed by atoms with E-state index in [0.717, 1.165) is 10.7 Å². The van der Waals surface area contributed by atoms with Crippen LogP contribution in [0, 0.1) is 5.82 Å². The van der Waals surface area contributed by atoms with Gasteiger partial charge in [-0.2, -0.15) is 0 Å². The summed E-state index contributed by atoms with van der Waals surface area (Å²) >= 11 is 1.63. The van der Waals surface area contributed by atoms with Gasteiger partial charge >= 0.3 is 0 Å². The number of benzene rings is 1. The van der Waals surface area contributed by atoms with Crippen LogP contribution < -0.4 is 10.6 Å². The van der Waals surface area contributed by atoms with Crippen molar-refractivity contribution in [3.8, 4) is 0 Å². The number of guanidine groups is 1. The first-order chi connectivity index (χ1) is 10.9. The summed E-state index contributed by atoms with van der Waals surface area (Å²) in [7, 11) is 1.69. The average molecular weight is 334 g/mol. The summed E-state index contributed by atoms with van der Waals surface area (Å²) in [4.78, 5) is 8.79. The van der Waals surface area contributed by atoms with Gasteiger partial charge in [0.2, 0.25) is 0 Å². The van der Waals surface area contributed by atoms with Crippen LogP contribution in [0.2, 0.25) is 0 Å². The highest BCUT2D eigenvalue weighted by atomic mass is 32.1. The number of rotatable bonds is 4. The zero-order chi connectivity index (χ0) is 16.9. The van der Waals surface area contributed by atoms with E-state index in [1.165, 1.54) is 6.07 Å². The van der Waals surface area contributed by atoms with Crippen LogP contribution in [-0.2, 0) is 18.5 Å². The van der Waals surface area contributed by atoms with E-state index in [1.807, 2.05) is 6.07 Å². The zero-order valence-electron chi connectivity index (χ0n) is 14.0. The number of nitrogens with zero attached hydrogens (tertiary/aromatic N) is 2. The first-order valence-corrected chi connectivity index (χ1v) is 8.41. The van der Waals surface area contributed by atoms with Crippen molar-refractivity contribution in [2.75, 3.05) is 7.05 Å². The Hall–Kier alpha value is -1.95. The minimum Gasteiger partial charge on any atom is -0.352 e. The Balaban J connectivity index is 1.88. The molecule has 0 aliphatic rings. The maximum atomic E-state index is 13.6. The van der Waals surface area contributed by atoms with Gasteiger partial charge in [0.05, 0.1) is 12.2 Å². The number of aromatic nitrogens is 1. The van der Waals surface area contributed by atoms with Crippen LogP contribution in [0.3, 0.4) is 0 Å². The second kappa shape index (κ2) is 7.55. The van der Waals surface area contributed by atoms with Gasteiger partial charge in [0, 0.05) is 30.0 Å². The maximum Gasteiger partial charge on any atom is 0.191 e. The highest BCUT2D eigenvalue weighted by molar-refractivity contribution is 7.09. The smallest absolute Gasteiger partial charge is 0.191 e. The van der Waals surface area contributed by atoms with Crippen LogP contribution in [-0.4, -0.2) is 18.0 Å². The van der Waals surface area contributed by atoms with Crippen LogP contribution in [0.5, 0.6) is 0 Å². The predicted molar refractivity (Wildman–Crippen MR) is 94.3 cm³/mol. The van der Waals surface area contributed by atoms with Gasteiger partial charge in [-0.1, -0.05) is 39.0 Å². The van der Waals surface area contributed by atoms with Gasteiger partial charge in [0.1, 0.15) is 10.8 Å². The zero-order valence-corrected chi connectivity index (χ0v) is 14.8. The van der Waals surface area contributed by atoms with E-state index in [0.29, 0.717) is 24.6 Å². The topological polar surface area (TPSA) is 49.3 Å². The molecule has 0 bridgehead atoms. The van der Waals surface area contributed by atoms with Crippen molar-refractivity contribution in [2.45, 2.75) is 39.3 Å². The summed E-state index contributed by atoms with van der Waals surface area (Å²) in [6.45, 7) is 7.42. The third kappa shape index (κ3) is 5.03. The molecule has 0 spiro atoms. The summed E-state index contributed by atoms with van der Waals surface area (Å²) in [5.74, 6) is 0.408. The van der Waals surface area contributed by atoms with Crippen LogP contribution in [0.25, 0.3) is 0 Å². The van der Waals surface area contributed by atoms with Gasteiger partial charge in [-0.25, -0.2) is 9.37 Å². The molecular weight excluding hydrogens is 311 g/mol. The first kappa shape index (κ1) is 17.4. The number of thiazole rings is 1. The number of aliphatic imine (C=N–C) groups is 1. The van der Waals surface area contributed by atoms with E-state index in [2.05, 4.69) is 46.8 Å². The molecule has 124 valence electrons. The normalized spacial score (nSPS) is 12.3. The number of hydrogen-bond acceptors (Lipinski definition) is 3. The molecule has 2 N–H and O–H groups in total. The molecule has 0 unspecified atom stereocenters. The summed E-state index contributed by atoms with van der Waals surface area (Å²) in [6.07, 6.45) is 0. The van der Waals surface area contributed by atoms with Crippen LogP contribution in [0.15, 0.2) is 34.6 Å². The molecule has 0 atom stereocenters. The quantitative estimate of drug-likeness (QED) is 0.665. The van der Waals surface area contributed by atoms with Gasteiger partial charge < -0.3 is 10.6 Å². The fourth-order valence-corrected chi connectivity index (χ4v) is 2.90. The molecule has 0 saturated heterocycles. The fraction of sp³-hybridized carbons (Fsp3) is 0.412. The van der Waals surface area contributed by atoms with Crippen LogP contribution >= 0.6 is 11.3 Å². The first-order valence-electron chi connectivity index (χ1n) is 7.53. The van der Waals surface area contributed by atoms with E-state index in [-0.39, 0.29) is 11.2 Å². The van der Waals surface area contributed by atoms with Gasteiger partial charge in [0.25, 0.3) is 0 Å². The van der Waals surface area contributed by atoms with E-state index in [9.17, 15) is 4.39 Å². The fourth-order valence-electron chi connectivity index (χ4n) is 1.94. The molecule has 0 aliphatic heterocycles. The molecular formula is C17H23FN4S. The SMILES string of the molecule is CN=C(NCc1nc(C(C)(C)C)cs1)NCc1ccccc1F. The summed E-state index contributed by atoms with van der Waals surface area (Å²) < 4.78 is 13.6. The largest absolute Gasteiger partial charge is 0.352 e. The van der Waals surface area contributed by atoms with Gasteiger partial charge in [-0.3, -0.25) is 4.99 Å². The molecule has 4 nitrogen and oxygen atoms in total. The highest BCUT2D eigenvalue weighted by Gasteiger charge is 2.17. The van der Waals surface area contributed by atoms with E-state index >= 15 is 0 Å². The van der Waals surface area contributed by atoms with Crippen molar-refractivity contribution in [3.05, 3.63) is 51.7 Å². The second-order valence-corrected chi connectivity index (χ2v) is 7.19. The van der Waals surface area contributed by atoms with E-state index < -0.39 is 0 Å². The molecule has 0 radical (unpaired) electrons. The molecule has 6 heteroatoms. The van der Waals surface area contributed by atoms with Gasteiger partial charge in [0.15, 0.2) is 5.96 Å². The van der Waals surface area contributed by atoms with Crippen molar-refractivity contribution in [3.63, 3.8) is 0 Å². The number of nitrogens with one attached hydrogen (secondary N) is 2.